The molecule has 2 aromatic rings. The van der Waals surface area contributed by atoms with Gasteiger partial charge in [0.25, 0.3) is 5.92 Å². The average molecular weight is 371 g/mol. The maximum absolute atomic E-state index is 13.9. The molecular weight excluding hydrogens is 344 g/mol. The van der Waals surface area contributed by atoms with E-state index in [1.807, 2.05) is 31.2 Å². The summed E-state index contributed by atoms with van der Waals surface area (Å²) < 4.78 is 27.8. The van der Waals surface area contributed by atoms with Crippen molar-refractivity contribution in [1.82, 2.24) is 0 Å². The molecule has 1 atom stereocenters. The second kappa shape index (κ2) is 9.12. The molecule has 0 spiro atoms. The maximum atomic E-state index is 13.9. The lowest BCUT2D eigenvalue weighted by atomic mass is 9.88. The molecule has 0 heterocycles. The molecule has 0 radical (unpaired) electrons. The van der Waals surface area contributed by atoms with Gasteiger partial charge in [-0.15, -0.1) is 5.92 Å². The van der Waals surface area contributed by atoms with Gasteiger partial charge in [-0.1, -0.05) is 37.5 Å². The van der Waals surface area contributed by atoms with Gasteiger partial charge in [0.15, 0.2) is 0 Å². The first-order chi connectivity index (χ1) is 12.8. The van der Waals surface area contributed by atoms with E-state index in [0.29, 0.717) is 5.56 Å². The topological polar surface area (TPSA) is 46.2 Å². The highest BCUT2D eigenvalue weighted by Crippen LogP contribution is 2.35. The molecule has 0 aliphatic rings. The van der Waals surface area contributed by atoms with E-state index in [2.05, 4.69) is 18.8 Å². The number of rotatable bonds is 7. The predicted molar refractivity (Wildman–Crippen MR) is 107 cm³/mol. The summed E-state index contributed by atoms with van der Waals surface area (Å²) in [5, 5.41) is 8.98. The zero-order chi connectivity index (χ0) is 20.0. The monoisotopic (exact) mass is 371 g/mol. The summed E-state index contributed by atoms with van der Waals surface area (Å²) >= 11 is 0. The van der Waals surface area contributed by atoms with Crippen LogP contribution in [0.1, 0.15) is 55.0 Å². The molecule has 0 aliphatic heterocycles. The van der Waals surface area contributed by atoms with Crippen molar-refractivity contribution in [2.75, 3.05) is 6.61 Å². The number of halogens is 2. The molecular formula is C23H27F2NO. The van der Waals surface area contributed by atoms with Gasteiger partial charge in [-0.2, -0.15) is 0 Å². The summed E-state index contributed by atoms with van der Waals surface area (Å²) in [7, 11) is 0. The number of aliphatic hydroxyl groups is 1. The van der Waals surface area contributed by atoms with Gasteiger partial charge in [0.1, 0.15) is 6.61 Å². The average Bonchev–Trinajstić information content (AvgIpc) is 2.67. The van der Waals surface area contributed by atoms with Crippen LogP contribution in [-0.2, 0) is 6.42 Å². The molecule has 0 aliphatic carbocycles. The first-order valence-electron chi connectivity index (χ1n) is 9.25. The van der Waals surface area contributed by atoms with Gasteiger partial charge < -0.3 is 10.8 Å². The van der Waals surface area contributed by atoms with Gasteiger partial charge in [-0.05, 0) is 72.7 Å². The van der Waals surface area contributed by atoms with E-state index in [1.54, 1.807) is 19.1 Å². The van der Waals surface area contributed by atoms with Crippen LogP contribution in [0.4, 0.5) is 8.78 Å². The van der Waals surface area contributed by atoms with Crippen molar-refractivity contribution in [3.05, 3.63) is 58.7 Å². The van der Waals surface area contributed by atoms with E-state index in [1.165, 1.54) is 0 Å². The van der Waals surface area contributed by atoms with Gasteiger partial charge in [0.05, 0.1) is 6.04 Å². The highest BCUT2D eigenvalue weighted by atomic mass is 19.3. The number of hydrogen-bond acceptors (Lipinski definition) is 2. The predicted octanol–water partition coefficient (Wildman–Crippen LogP) is 5.00. The van der Waals surface area contributed by atoms with E-state index in [-0.39, 0.29) is 0 Å². The summed E-state index contributed by atoms with van der Waals surface area (Å²) in [4.78, 5) is 0. The van der Waals surface area contributed by atoms with E-state index < -0.39 is 18.6 Å². The fourth-order valence-electron chi connectivity index (χ4n) is 3.10. The van der Waals surface area contributed by atoms with Crippen molar-refractivity contribution < 1.29 is 13.9 Å². The van der Waals surface area contributed by atoms with Crippen molar-refractivity contribution in [1.29, 1.82) is 0 Å². The lowest BCUT2D eigenvalue weighted by Gasteiger charge is -2.23. The highest BCUT2D eigenvalue weighted by Gasteiger charge is 2.37. The van der Waals surface area contributed by atoms with Crippen LogP contribution in [0.15, 0.2) is 36.4 Å². The Labute approximate surface area is 160 Å². The Morgan fingerprint density at radius 1 is 1.15 bits per heavy atom. The maximum Gasteiger partial charge on any atom is 0.289 e. The van der Waals surface area contributed by atoms with Crippen molar-refractivity contribution >= 4 is 0 Å². The molecule has 0 bridgehead atoms. The molecule has 1 unspecified atom stereocenters. The van der Waals surface area contributed by atoms with Gasteiger partial charge in [0, 0.05) is 5.56 Å². The number of benzene rings is 2. The second-order valence-corrected chi connectivity index (χ2v) is 6.82. The van der Waals surface area contributed by atoms with Gasteiger partial charge in [-0.3, -0.25) is 0 Å². The van der Waals surface area contributed by atoms with Crippen LogP contribution in [0.2, 0.25) is 0 Å². The Balaban J connectivity index is 2.62. The fraction of sp³-hybridized carbons (Fsp3) is 0.391. The summed E-state index contributed by atoms with van der Waals surface area (Å²) in [5.41, 5.74) is 11.0. The lowest BCUT2D eigenvalue weighted by molar-refractivity contribution is -0.0711. The second-order valence-electron chi connectivity index (χ2n) is 6.82. The van der Waals surface area contributed by atoms with Crippen LogP contribution in [-0.4, -0.2) is 17.6 Å². The summed E-state index contributed by atoms with van der Waals surface area (Å²) in [6.45, 7) is 4.62. The number of aliphatic hydroxyl groups excluding tert-OH is 1. The van der Waals surface area contributed by atoms with Crippen LogP contribution in [0.25, 0.3) is 11.1 Å². The molecule has 2 aromatic carbocycles. The Morgan fingerprint density at radius 2 is 1.89 bits per heavy atom. The minimum Gasteiger partial charge on any atom is -0.390 e. The molecule has 0 aromatic heterocycles. The number of nitrogens with two attached hydrogens (primary N) is 1. The Morgan fingerprint density at radius 3 is 2.52 bits per heavy atom. The first-order valence-corrected chi connectivity index (χ1v) is 9.25. The zero-order valence-electron chi connectivity index (χ0n) is 16.2. The van der Waals surface area contributed by atoms with Crippen molar-refractivity contribution in [2.24, 2.45) is 5.73 Å². The minimum absolute atomic E-state index is 0.315. The van der Waals surface area contributed by atoms with Gasteiger partial charge in [0.2, 0.25) is 0 Å². The number of alkyl halides is 2. The standard InChI is InChI=1S/C23H27F2NO/c1-4-6-8-18-11-12-19(22(26)23(24,25)15-27)14-21(18)20-13-17(7-5-2)10-9-16(20)3/h9-14,22,27H,4,6,8,15,26H2,1-3H3. The molecule has 0 amide bonds. The van der Waals surface area contributed by atoms with Crippen LogP contribution in [0.5, 0.6) is 0 Å². The number of unbranched alkanes of at least 4 members (excludes halogenated alkanes) is 1. The largest absolute Gasteiger partial charge is 0.390 e. The van der Waals surface area contributed by atoms with E-state index in [9.17, 15) is 8.78 Å². The van der Waals surface area contributed by atoms with Crippen molar-refractivity contribution in [3.8, 4) is 23.0 Å². The smallest absolute Gasteiger partial charge is 0.289 e. The summed E-state index contributed by atoms with van der Waals surface area (Å²) in [5.74, 6) is 2.57. The Kier molecular flexibility index (Phi) is 7.12. The minimum atomic E-state index is -3.37. The molecule has 0 saturated carbocycles. The first kappa shape index (κ1) is 21.1. The van der Waals surface area contributed by atoms with E-state index in [0.717, 1.165) is 47.1 Å². The van der Waals surface area contributed by atoms with Crippen LogP contribution >= 0.6 is 0 Å². The zero-order valence-corrected chi connectivity index (χ0v) is 16.2. The van der Waals surface area contributed by atoms with Crippen molar-refractivity contribution in [3.63, 3.8) is 0 Å². The van der Waals surface area contributed by atoms with Crippen LogP contribution < -0.4 is 5.73 Å². The molecule has 0 fully saturated rings. The molecule has 4 heteroatoms. The summed E-state index contributed by atoms with van der Waals surface area (Å²) in [6, 6.07) is 9.66. The molecule has 2 rings (SSSR count). The Bertz CT molecular complexity index is 849. The van der Waals surface area contributed by atoms with Crippen LogP contribution in [0.3, 0.4) is 0 Å². The number of hydrogen-bond donors (Lipinski definition) is 2. The van der Waals surface area contributed by atoms with Crippen LogP contribution in [0, 0.1) is 18.8 Å². The summed E-state index contributed by atoms with van der Waals surface area (Å²) in [6.07, 6.45) is 2.92. The molecule has 2 nitrogen and oxygen atoms in total. The third kappa shape index (κ3) is 4.94. The Hall–Kier alpha value is -2.22. The van der Waals surface area contributed by atoms with E-state index >= 15 is 0 Å². The van der Waals surface area contributed by atoms with Gasteiger partial charge >= 0.3 is 0 Å². The van der Waals surface area contributed by atoms with Crippen molar-refractivity contribution in [2.45, 2.75) is 52.0 Å². The normalized spacial score (nSPS) is 12.4. The molecule has 3 N–H and O–H groups in total. The quantitative estimate of drug-likeness (QED) is 0.673. The third-order valence-electron chi connectivity index (χ3n) is 4.76. The number of aryl methyl sites for hydroxylation is 2. The lowest BCUT2D eigenvalue weighted by Crippen LogP contribution is -2.36. The van der Waals surface area contributed by atoms with E-state index in [4.69, 9.17) is 10.8 Å². The highest BCUT2D eigenvalue weighted by molar-refractivity contribution is 5.73. The molecule has 144 valence electrons. The molecule has 27 heavy (non-hydrogen) atoms. The fourth-order valence-corrected chi connectivity index (χ4v) is 3.10. The SMILES string of the molecule is CC#Cc1ccc(C)c(-c2cc(C(N)C(F)(F)CO)ccc2CCCC)c1. The third-order valence-corrected chi connectivity index (χ3v) is 4.76. The van der Waals surface area contributed by atoms with Gasteiger partial charge in [-0.25, -0.2) is 8.78 Å². The molecule has 0 saturated heterocycles.